The zero-order valence-electron chi connectivity index (χ0n) is 12.3. The number of aromatic nitrogens is 2. The van der Waals surface area contributed by atoms with Crippen molar-refractivity contribution in [1.29, 1.82) is 0 Å². The van der Waals surface area contributed by atoms with Crippen LogP contribution in [0.2, 0.25) is 0 Å². The van der Waals surface area contributed by atoms with Crippen molar-refractivity contribution >= 4 is 33.2 Å². The molecule has 11 heteroatoms. The molecule has 23 heavy (non-hydrogen) atoms. The summed E-state index contributed by atoms with van der Waals surface area (Å²) < 4.78 is 50.2. The second kappa shape index (κ2) is 7.00. The smallest absolute Gasteiger partial charge is 0.341 e. The summed E-state index contributed by atoms with van der Waals surface area (Å²) in [5, 5.41) is 3.43. The molecule has 0 bridgehead atoms. The lowest BCUT2D eigenvalue weighted by Gasteiger charge is -2.32. The van der Waals surface area contributed by atoms with Crippen molar-refractivity contribution in [3.63, 3.8) is 0 Å². The minimum absolute atomic E-state index is 0.0156. The lowest BCUT2D eigenvalue weighted by atomic mass is 10.1. The minimum Gasteiger partial charge on any atom is -0.341 e. The normalized spacial score (nSPS) is 18.2. The van der Waals surface area contributed by atoms with E-state index in [1.54, 1.807) is 16.5 Å². The molecule has 1 atom stereocenters. The molecule has 0 aliphatic carbocycles. The molecule has 7 nitrogen and oxygen atoms in total. The molecular formula is C12H17ClF2N4O3S. The minimum atomic E-state index is -4.70. The molecule has 2 heterocycles. The third kappa shape index (κ3) is 4.31. The highest BCUT2D eigenvalue weighted by atomic mass is 35.5. The number of rotatable bonds is 5. The average Bonchev–Trinajstić information content (AvgIpc) is 2.94. The molecule has 1 aromatic heterocycles. The van der Waals surface area contributed by atoms with E-state index in [0.29, 0.717) is 25.9 Å². The van der Waals surface area contributed by atoms with Crippen LogP contribution in [0, 0.1) is 0 Å². The van der Waals surface area contributed by atoms with Crippen LogP contribution in [0.25, 0.3) is 0 Å². The molecule has 1 aromatic rings. The average molecular weight is 371 g/mol. The highest BCUT2D eigenvalue weighted by Crippen LogP contribution is 2.24. The van der Waals surface area contributed by atoms with Gasteiger partial charge in [-0.05, 0) is 19.8 Å². The molecule has 1 unspecified atom stereocenters. The third-order valence-corrected chi connectivity index (χ3v) is 4.76. The lowest BCUT2D eigenvalue weighted by Crippen LogP contribution is -2.42. The van der Waals surface area contributed by atoms with Gasteiger partial charge in [0.1, 0.15) is 5.38 Å². The summed E-state index contributed by atoms with van der Waals surface area (Å²) in [6.45, 7) is 2.64. The molecule has 0 radical (unpaired) electrons. The first-order chi connectivity index (χ1) is 10.7. The van der Waals surface area contributed by atoms with Crippen LogP contribution in [0.15, 0.2) is 12.4 Å². The predicted molar refractivity (Wildman–Crippen MR) is 80.9 cm³/mol. The SMILES string of the molecule is CC(Cl)C(=O)N1CCC(n2cc(NS(=O)(=O)C(F)F)cn2)CC1. The van der Waals surface area contributed by atoms with Crippen molar-refractivity contribution in [3.8, 4) is 0 Å². The summed E-state index contributed by atoms with van der Waals surface area (Å²) in [7, 11) is -4.70. The van der Waals surface area contributed by atoms with Gasteiger partial charge in [-0.25, -0.2) is 8.42 Å². The van der Waals surface area contributed by atoms with Crippen LogP contribution in [0.3, 0.4) is 0 Å². The number of carbonyl (C=O) groups excluding carboxylic acids is 1. The van der Waals surface area contributed by atoms with Gasteiger partial charge in [-0.3, -0.25) is 14.2 Å². The summed E-state index contributed by atoms with van der Waals surface area (Å²) in [4.78, 5) is 13.5. The van der Waals surface area contributed by atoms with Gasteiger partial charge in [0.25, 0.3) is 10.0 Å². The number of nitrogens with zero attached hydrogens (tertiary/aromatic N) is 3. The molecule has 130 valence electrons. The molecule has 2 rings (SSSR count). The largest absolute Gasteiger partial charge is 0.355 e. The Morgan fingerprint density at radius 3 is 2.57 bits per heavy atom. The van der Waals surface area contributed by atoms with Crippen molar-refractivity contribution in [1.82, 2.24) is 14.7 Å². The third-order valence-electron chi connectivity index (χ3n) is 3.59. The van der Waals surface area contributed by atoms with Crippen molar-refractivity contribution in [3.05, 3.63) is 12.4 Å². The second-order valence-electron chi connectivity index (χ2n) is 5.29. The van der Waals surface area contributed by atoms with Crippen LogP contribution in [0.1, 0.15) is 25.8 Å². The van der Waals surface area contributed by atoms with Gasteiger partial charge in [0.05, 0.1) is 17.9 Å². The van der Waals surface area contributed by atoms with E-state index in [-0.39, 0.29) is 17.6 Å². The summed E-state index contributed by atoms with van der Waals surface area (Å²) >= 11 is 5.77. The maximum absolute atomic E-state index is 12.3. The summed E-state index contributed by atoms with van der Waals surface area (Å²) in [6.07, 6.45) is 3.79. The zero-order chi connectivity index (χ0) is 17.2. The number of amides is 1. The molecule has 1 fully saturated rings. The molecule has 0 spiro atoms. The molecule has 0 saturated carbocycles. The lowest BCUT2D eigenvalue weighted by molar-refractivity contribution is -0.131. The summed E-state index contributed by atoms with van der Waals surface area (Å²) in [6, 6.07) is -0.0329. The number of carbonyl (C=O) groups is 1. The van der Waals surface area contributed by atoms with Crippen LogP contribution >= 0.6 is 11.6 Å². The van der Waals surface area contributed by atoms with Crippen LogP contribution in [0.5, 0.6) is 0 Å². The fraction of sp³-hybridized carbons (Fsp3) is 0.667. The zero-order valence-corrected chi connectivity index (χ0v) is 13.9. The predicted octanol–water partition coefficient (Wildman–Crippen LogP) is 1.64. The van der Waals surface area contributed by atoms with E-state index in [1.807, 2.05) is 0 Å². The number of sulfonamides is 1. The Balaban J connectivity index is 1.96. The maximum atomic E-state index is 12.3. The van der Waals surface area contributed by atoms with E-state index in [2.05, 4.69) is 5.10 Å². The van der Waals surface area contributed by atoms with Gasteiger partial charge in [-0.15, -0.1) is 11.6 Å². The summed E-state index contributed by atoms with van der Waals surface area (Å²) in [5.41, 5.74) is -0.0156. The number of alkyl halides is 3. The van der Waals surface area contributed by atoms with Crippen LogP contribution < -0.4 is 4.72 Å². The molecule has 1 saturated heterocycles. The Morgan fingerprint density at radius 1 is 1.43 bits per heavy atom. The van der Waals surface area contributed by atoms with Gasteiger partial charge in [0, 0.05) is 19.3 Å². The van der Waals surface area contributed by atoms with E-state index in [4.69, 9.17) is 11.6 Å². The molecule has 0 aromatic carbocycles. The standard InChI is InChI=1S/C12H17ClF2N4O3S/c1-8(13)11(20)18-4-2-10(3-5-18)19-7-9(6-16-19)17-23(21,22)12(14)15/h6-8,10,12,17H,2-5H2,1H3. The van der Waals surface area contributed by atoms with Gasteiger partial charge < -0.3 is 4.90 Å². The van der Waals surface area contributed by atoms with E-state index in [0.717, 1.165) is 0 Å². The Bertz CT molecular complexity index is 657. The summed E-state index contributed by atoms with van der Waals surface area (Å²) in [5.74, 6) is -3.63. The van der Waals surface area contributed by atoms with E-state index < -0.39 is 21.2 Å². The van der Waals surface area contributed by atoms with Crippen LogP contribution in [-0.2, 0) is 14.8 Å². The Hall–Kier alpha value is -1.42. The Morgan fingerprint density at radius 2 is 2.04 bits per heavy atom. The first kappa shape index (κ1) is 17.9. The maximum Gasteiger partial charge on any atom is 0.355 e. The first-order valence-electron chi connectivity index (χ1n) is 6.97. The number of hydrogen-bond acceptors (Lipinski definition) is 4. The van der Waals surface area contributed by atoms with Crippen molar-refractivity contribution in [2.24, 2.45) is 0 Å². The van der Waals surface area contributed by atoms with E-state index >= 15 is 0 Å². The van der Waals surface area contributed by atoms with E-state index in [1.165, 1.54) is 17.1 Å². The molecule has 1 N–H and O–H groups in total. The van der Waals surface area contributed by atoms with Crippen LogP contribution in [-0.4, -0.2) is 53.2 Å². The molecular weight excluding hydrogens is 354 g/mol. The molecule has 1 amide bonds. The van der Waals surface area contributed by atoms with Gasteiger partial charge in [0.15, 0.2) is 0 Å². The molecule has 1 aliphatic rings. The topological polar surface area (TPSA) is 84.3 Å². The fourth-order valence-electron chi connectivity index (χ4n) is 2.40. The second-order valence-corrected chi connectivity index (χ2v) is 7.59. The van der Waals surface area contributed by atoms with Gasteiger partial charge in [-0.1, -0.05) is 0 Å². The highest BCUT2D eigenvalue weighted by molar-refractivity contribution is 7.93. The van der Waals surface area contributed by atoms with Gasteiger partial charge in [0.2, 0.25) is 5.91 Å². The monoisotopic (exact) mass is 370 g/mol. The number of likely N-dealkylation sites (tertiary alicyclic amines) is 1. The van der Waals surface area contributed by atoms with Gasteiger partial charge >= 0.3 is 5.76 Å². The highest BCUT2D eigenvalue weighted by Gasteiger charge is 2.27. The van der Waals surface area contributed by atoms with E-state index in [9.17, 15) is 22.0 Å². The fourth-order valence-corrected chi connectivity index (χ4v) is 3.06. The Kier molecular flexibility index (Phi) is 5.45. The van der Waals surface area contributed by atoms with Crippen molar-refractivity contribution in [2.45, 2.75) is 36.9 Å². The molecule has 1 aliphatic heterocycles. The number of halogens is 3. The number of piperidine rings is 1. The first-order valence-corrected chi connectivity index (χ1v) is 8.96. The quantitative estimate of drug-likeness (QED) is 0.798. The Labute approximate surface area is 137 Å². The van der Waals surface area contributed by atoms with Crippen molar-refractivity contribution in [2.75, 3.05) is 17.8 Å². The van der Waals surface area contributed by atoms with Crippen molar-refractivity contribution < 1.29 is 22.0 Å². The number of anilines is 1. The number of hydrogen-bond donors (Lipinski definition) is 1. The van der Waals surface area contributed by atoms with Crippen LogP contribution in [0.4, 0.5) is 14.5 Å². The number of nitrogens with one attached hydrogen (secondary N) is 1. The van der Waals surface area contributed by atoms with Gasteiger partial charge in [-0.2, -0.15) is 13.9 Å².